The molecule has 15 amide bonds. The summed E-state index contributed by atoms with van der Waals surface area (Å²) in [6.45, 7) is 1.85. The van der Waals surface area contributed by atoms with Crippen LogP contribution in [0.1, 0.15) is 83.5 Å². The molecule has 3 rings (SSSR count). The number of hydrogen-bond donors (Lipinski definition) is 22. The predicted molar refractivity (Wildman–Crippen MR) is 312 cm³/mol. The van der Waals surface area contributed by atoms with Crippen LogP contribution in [0.3, 0.4) is 0 Å². The third-order valence-corrected chi connectivity index (χ3v) is 13.8. The molecule has 0 aromatic carbocycles. The molecule has 42 heteroatoms. The van der Waals surface area contributed by atoms with E-state index in [1.54, 1.807) is 0 Å². The second kappa shape index (κ2) is 36.9. The van der Waals surface area contributed by atoms with Crippen LogP contribution >= 0.6 is 0 Å². The summed E-state index contributed by atoms with van der Waals surface area (Å²) in [6.07, 6.45) is -4.72. The van der Waals surface area contributed by atoms with E-state index in [2.05, 4.69) is 57.2 Å². The Morgan fingerprint density at radius 1 is 0.511 bits per heavy atom. The van der Waals surface area contributed by atoms with Crippen molar-refractivity contribution in [2.45, 2.75) is 170 Å². The maximum atomic E-state index is 14.0. The zero-order chi connectivity index (χ0) is 70.8. The number of H-pyrrole nitrogens is 2. The number of carboxylic acids is 2. The molecule has 2 aromatic rings. The molecule has 0 unspecified atom stereocenters. The van der Waals surface area contributed by atoms with Gasteiger partial charge in [0.05, 0.1) is 63.2 Å². The molecule has 1 fully saturated rings. The molecule has 0 radical (unpaired) electrons. The Balaban J connectivity index is 1.82. The number of nitrogens with zero attached hydrogens (tertiary/aromatic N) is 3. The number of hydrogen-bond acceptors (Lipinski definition) is 23. The summed E-state index contributed by atoms with van der Waals surface area (Å²) in [7, 11) is 0. The lowest BCUT2D eigenvalue weighted by Gasteiger charge is -2.30. The average molecular weight is 1340 g/mol. The Morgan fingerprint density at radius 2 is 0.904 bits per heavy atom. The number of imidazole rings is 2. The van der Waals surface area contributed by atoms with Crippen LogP contribution in [-0.4, -0.2) is 249 Å². The van der Waals surface area contributed by atoms with Crippen molar-refractivity contribution in [2.24, 2.45) is 28.7 Å². The zero-order valence-electron chi connectivity index (χ0n) is 50.8. The number of carboxylic acid groups (broad SMARTS) is 2. The summed E-state index contributed by atoms with van der Waals surface area (Å²) >= 11 is 0. The number of nitrogens with one attached hydrogen (secondary N) is 12. The van der Waals surface area contributed by atoms with Crippen LogP contribution in [0.5, 0.6) is 0 Å². The first-order chi connectivity index (χ1) is 44.0. The van der Waals surface area contributed by atoms with Crippen LogP contribution in [0, 0.1) is 0 Å². The molecule has 3 heterocycles. The van der Waals surface area contributed by atoms with E-state index in [4.69, 9.17) is 28.7 Å². The SMILES string of the molecule is C[C@H](N)C(=O)N[C@@H](CCC(N)=O)C(=O)N[C@@H](CC(N)=O)C(=O)N1CCC[C@H]1C(=O)N[C@@H](CO)C(=O)N[C@@H](CC(=O)O)C(=O)N[C@@H](CC(N)=O)C(=O)N[C@@H](CC(N)=O)C(=O)N[C@H](C(=O)N[C@@H](Cc1cnc[nH]1)C(=O)N[C@H](C(=O)N[C@@H](Cc1cnc[nH]1)C(=O)O)[C@@H](C)O)[C@@H](C)O. The van der Waals surface area contributed by atoms with Crippen molar-refractivity contribution >= 4 is 101 Å². The molecule has 1 aliphatic heterocycles. The standard InChI is InChI=1S/C52H78N20O22/c1-20(53)41(82)62-25(6-7-34(54)76)42(83)67-30(13-37(57)79)51(92)72-8-4-5-33(72)48(89)69-32(17-73)47(88)65-29(14-38(80)81)44(85)63-27(11-35(55)77)43(84)64-28(12-36(56)78)46(87)71-39(21(2)74)49(90)66-26(9-23-15-58-18-60-23)45(86)70-40(22(3)75)50(91)68-31(52(93)94)10-24-16-59-19-61-24/h15-16,18-22,25-33,39-40,73-75H,4-14,17,53H2,1-3H3,(H2,54,76)(H2,55,77)(H2,56,78)(H2,57,79)(H,58,60)(H,59,61)(H,62,82)(H,63,85)(H,64,84)(H,65,88)(H,66,90)(H,67,83)(H,68,91)(H,69,89)(H,70,86)(H,71,87)(H,80,81)(H,93,94)/t20-,21+,22+,25-,26-,27-,28-,29-,30-,31-,32-,33-,39-,40-/m0/s1. The molecule has 0 saturated carbocycles. The van der Waals surface area contributed by atoms with Crippen LogP contribution in [0.4, 0.5) is 0 Å². The number of aliphatic hydroxyl groups is 3. The van der Waals surface area contributed by atoms with E-state index in [0.29, 0.717) is 5.69 Å². The second-order valence-corrected chi connectivity index (χ2v) is 21.6. The molecule has 0 aliphatic carbocycles. The van der Waals surface area contributed by atoms with Gasteiger partial charge in [-0.15, -0.1) is 0 Å². The lowest BCUT2D eigenvalue weighted by Crippen LogP contribution is -2.63. The fraction of sp³-hybridized carbons (Fsp3) is 0.558. The molecule has 0 spiro atoms. The Hall–Kier alpha value is -10.7. The maximum Gasteiger partial charge on any atom is 0.326 e. The lowest BCUT2D eigenvalue weighted by atomic mass is 10.0. The van der Waals surface area contributed by atoms with Crippen molar-refractivity contribution in [3.8, 4) is 0 Å². The molecular formula is C52H78N20O22. The first-order valence-corrected chi connectivity index (χ1v) is 28.6. The second-order valence-electron chi connectivity index (χ2n) is 21.6. The van der Waals surface area contributed by atoms with Gasteiger partial charge in [-0.25, -0.2) is 14.8 Å². The molecule has 27 N–H and O–H groups in total. The third kappa shape index (κ3) is 25.1. The van der Waals surface area contributed by atoms with Crippen molar-refractivity contribution < 1.29 is 107 Å². The number of carbonyl (C=O) groups excluding carboxylic acids is 15. The van der Waals surface area contributed by atoms with Gasteiger partial charge in [0, 0.05) is 49.6 Å². The number of amides is 15. The number of likely N-dealkylation sites (tertiary alicyclic amines) is 1. The van der Waals surface area contributed by atoms with Gasteiger partial charge in [-0.3, -0.25) is 76.7 Å². The lowest BCUT2D eigenvalue weighted by molar-refractivity contribution is -0.144. The van der Waals surface area contributed by atoms with Gasteiger partial charge in [-0.2, -0.15) is 0 Å². The van der Waals surface area contributed by atoms with Crippen molar-refractivity contribution in [3.05, 3.63) is 36.4 Å². The number of nitrogens with two attached hydrogens (primary N) is 5. The van der Waals surface area contributed by atoms with Crippen LogP contribution in [-0.2, 0) is 94.3 Å². The van der Waals surface area contributed by atoms with Crippen LogP contribution in [0.2, 0.25) is 0 Å². The first kappa shape index (κ1) is 77.5. The summed E-state index contributed by atoms with van der Waals surface area (Å²) in [5, 5.41) is 72.5. The predicted octanol–water partition coefficient (Wildman–Crippen LogP) is -12.7. The Morgan fingerprint density at radius 3 is 1.32 bits per heavy atom. The Labute approximate surface area is 532 Å². The van der Waals surface area contributed by atoms with E-state index < -0.39 is 230 Å². The maximum absolute atomic E-state index is 14.0. The van der Waals surface area contributed by atoms with Crippen molar-refractivity contribution in [1.29, 1.82) is 0 Å². The highest BCUT2D eigenvalue weighted by Crippen LogP contribution is 2.20. The monoisotopic (exact) mass is 1330 g/mol. The molecule has 0 bridgehead atoms. The van der Waals surface area contributed by atoms with Gasteiger partial charge in [0.25, 0.3) is 0 Å². The summed E-state index contributed by atoms with van der Waals surface area (Å²) in [5.41, 5.74) is 27.3. The van der Waals surface area contributed by atoms with E-state index in [9.17, 15) is 107 Å². The van der Waals surface area contributed by atoms with Gasteiger partial charge in [-0.1, -0.05) is 0 Å². The Bertz CT molecular complexity index is 3090. The number of primary amides is 4. The van der Waals surface area contributed by atoms with Crippen LogP contribution in [0.25, 0.3) is 0 Å². The number of aromatic amines is 2. The molecule has 1 aliphatic rings. The normalized spacial score (nSPS) is 16.8. The van der Waals surface area contributed by atoms with Crippen molar-refractivity contribution in [3.63, 3.8) is 0 Å². The van der Waals surface area contributed by atoms with Gasteiger partial charge < -0.3 is 122 Å². The topological polar surface area (TPSA) is 702 Å². The van der Waals surface area contributed by atoms with Gasteiger partial charge in [0.1, 0.15) is 66.5 Å². The fourth-order valence-corrected chi connectivity index (χ4v) is 9.00. The summed E-state index contributed by atoms with van der Waals surface area (Å²) in [4.78, 5) is 236. The molecule has 14 atom stereocenters. The highest BCUT2D eigenvalue weighted by Gasteiger charge is 2.42. The quantitative estimate of drug-likeness (QED) is 0.0295. The van der Waals surface area contributed by atoms with Crippen LogP contribution < -0.4 is 81.8 Å². The molecule has 42 nitrogen and oxygen atoms in total. The van der Waals surface area contributed by atoms with E-state index in [1.165, 1.54) is 32.0 Å². The van der Waals surface area contributed by atoms with E-state index in [-0.39, 0.29) is 37.9 Å². The molecule has 94 heavy (non-hydrogen) atoms. The largest absolute Gasteiger partial charge is 0.481 e. The number of aliphatic hydroxyl groups excluding tert-OH is 3. The third-order valence-electron chi connectivity index (χ3n) is 13.8. The minimum absolute atomic E-state index is 0.0990. The average Bonchev–Trinajstić information content (AvgIpc) is 1.61. The van der Waals surface area contributed by atoms with Gasteiger partial charge in [0.2, 0.25) is 88.6 Å². The first-order valence-electron chi connectivity index (χ1n) is 28.6. The van der Waals surface area contributed by atoms with Gasteiger partial charge >= 0.3 is 11.9 Å². The summed E-state index contributed by atoms with van der Waals surface area (Å²) in [5.74, 6) is -21.9. The van der Waals surface area contributed by atoms with Crippen molar-refractivity contribution in [1.82, 2.24) is 78.0 Å². The van der Waals surface area contributed by atoms with Crippen LogP contribution in [0.15, 0.2) is 25.0 Å². The van der Waals surface area contributed by atoms with Crippen molar-refractivity contribution in [2.75, 3.05) is 13.2 Å². The minimum Gasteiger partial charge on any atom is -0.481 e. The zero-order valence-corrected chi connectivity index (χ0v) is 50.8. The van der Waals surface area contributed by atoms with E-state index in [0.717, 1.165) is 18.7 Å². The molecule has 2 aromatic heterocycles. The highest BCUT2D eigenvalue weighted by atomic mass is 16.4. The highest BCUT2D eigenvalue weighted by molar-refractivity contribution is 6.02. The fourth-order valence-electron chi connectivity index (χ4n) is 9.00. The number of carbonyl (C=O) groups is 17. The smallest absolute Gasteiger partial charge is 0.326 e. The van der Waals surface area contributed by atoms with E-state index in [1.807, 2.05) is 16.0 Å². The summed E-state index contributed by atoms with van der Waals surface area (Å²) < 4.78 is 0. The molecule has 518 valence electrons. The molecule has 1 saturated heterocycles. The van der Waals surface area contributed by atoms with E-state index >= 15 is 0 Å². The molecular weight excluding hydrogens is 1260 g/mol. The summed E-state index contributed by atoms with van der Waals surface area (Å²) in [6, 6.07) is -22.0. The number of rotatable bonds is 40. The number of aliphatic carboxylic acids is 2. The minimum atomic E-state index is -2.25. The van der Waals surface area contributed by atoms with Gasteiger partial charge in [-0.05, 0) is 40.0 Å². The van der Waals surface area contributed by atoms with Gasteiger partial charge in [0.15, 0.2) is 0 Å². The number of aromatic nitrogens is 4. The Kier molecular flexibility index (Phi) is 30.4.